The van der Waals surface area contributed by atoms with E-state index in [1.807, 2.05) is 17.9 Å². The number of piperazine rings is 1. The Hall–Kier alpha value is -3.08. The lowest BCUT2D eigenvalue weighted by Crippen LogP contribution is -2.56. The van der Waals surface area contributed by atoms with Gasteiger partial charge in [0.1, 0.15) is 0 Å². The van der Waals surface area contributed by atoms with Gasteiger partial charge in [-0.05, 0) is 74.1 Å². The van der Waals surface area contributed by atoms with Gasteiger partial charge in [0.05, 0.1) is 11.6 Å². The maximum absolute atomic E-state index is 12.8. The first-order chi connectivity index (χ1) is 16.3. The molecule has 178 valence electrons. The van der Waals surface area contributed by atoms with Crippen LogP contribution in [-0.4, -0.2) is 54.0 Å². The van der Waals surface area contributed by atoms with E-state index in [-0.39, 0.29) is 18.0 Å². The van der Waals surface area contributed by atoms with Gasteiger partial charge in [0.15, 0.2) is 0 Å². The first-order valence-corrected chi connectivity index (χ1v) is 12.1. The van der Waals surface area contributed by atoms with E-state index in [4.69, 9.17) is 16.9 Å². The predicted molar refractivity (Wildman–Crippen MR) is 133 cm³/mol. The molecule has 1 saturated carbocycles. The van der Waals surface area contributed by atoms with Gasteiger partial charge in [0.2, 0.25) is 0 Å². The highest BCUT2D eigenvalue weighted by atomic mass is 35.5. The fourth-order valence-electron chi connectivity index (χ4n) is 4.33. The van der Waals surface area contributed by atoms with Crippen molar-refractivity contribution in [2.75, 3.05) is 31.5 Å². The summed E-state index contributed by atoms with van der Waals surface area (Å²) in [6.07, 6.45) is 2.44. The van der Waals surface area contributed by atoms with Crippen LogP contribution in [0.15, 0.2) is 36.4 Å². The number of nitriles is 1. The Balaban J connectivity index is 1.40. The van der Waals surface area contributed by atoms with Crippen molar-refractivity contribution in [3.05, 3.63) is 63.7 Å². The first kappa shape index (κ1) is 24.1. The number of halogens is 1. The minimum atomic E-state index is -0.284. The van der Waals surface area contributed by atoms with Crippen LogP contribution in [0.2, 0.25) is 5.02 Å². The van der Waals surface area contributed by atoms with Crippen molar-refractivity contribution < 1.29 is 9.59 Å². The Labute approximate surface area is 205 Å². The highest BCUT2D eigenvalue weighted by molar-refractivity contribution is 6.31. The number of hydrogen-bond acceptors (Lipinski definition) is 4. The summed E-state index contributed by atoms with van der Waals surface area (Å²) in [5.41, 5.74) is 3.50. The minimum absolute atomic E-state index is 0.0310. The minimum Gasteiger partial charge on any atom is -0.338 e. The average Bonchev–Trinajstić information content (AvgIpc) is 3.65. The molecule has 2 aromatic rings. The summed E-state index contributed by atoms with van der Waals surface area (Å²) in [5.74, 6) is 0.379. The Morgan fingerprint density at radius 1 is 1.21 bits per heavy atom. The third-order valence-electron chi connectivity index (χ3n) is 6.59. The molecule has 3 amide bonds. The fraction of sp³-hybridized carbons (Fsp3) is 0.423. The summed E-state index contributed by atoms with van der Waals surface area (Å²) in [5, 5.41) is 15.7. The van der Waals surface area contributed by atoms with Gasteiger partial charge in [0.25, 0.3) is 5.91 Å². The van der Waals surface area contributed by atoms with E-state index in [0.29, 0.717) is 40.8 Å². The van der Waals surface area contributed by atoms with Crippen molar-refractivity contribution in [2.24, 2.45) is 5.92 Å². The normalized spacial score (nSPS) is 18.3. The molecule has 1 aliphatic heterocycles. The number of nitrogens with zero attached hydrogens (tertiary/aromatic N) is 3. The zero-order valence-corrected chi connectivity index (χ0v) is 20.4. The molecule has 2 fully saturated rings. The summed E-state index contributed by atoms with van der Waals surface area (Å²) in [6.45, 7) is 7.73. The van der Waals surface area contributed by atoms with Gasteiger partial charge in [-0.2, -0.15) is 5.26 Å². The number of carbonyl (C=O) groups excluding carboxylic acids is 2. The lowest BCUT2D eigenvalue weighted by atomic mass is 10.0. The van der Waals surface area contributed by atoms with Crippen LogP contribution in [-0.2, 0) is 6.54 Å². The Morgan fingerprint density at radius 2 is 2.00 bits per heavy atom. The molecular weight excluding hydrogens is 450 g/mol. The molecule has 0 bridgehead atoms. The third-order valence-corrected chi connectivity index (χ3v) is 6.81. The molecule has 2 N–H and O–H groups in total. The van der Waals surface area contributed by atoms with Crippen molar-refractivity contribution in [3.8, 4) is 6.07 Å². The first-order valence-electron chi connectivity index (χ1n) is 11.7. The van der Waals surface area contributed by atoms with Crippen molar-refractivity contribution >= 4 is 29.2 Å². The highest BCUT2D eigenvalue weighted by Crippen LogP contribution is 2.28. The smallest absolute Gasteiger partial charge is 0.317 e. The van der Waals surface area contributed by atoms with Gasteiger partial charge in [-0.15, -0.1) is 0 Å². The van der Waals surface area contributed by atoms with Gasteiger partial charge < -0.3 is 15.5 Å². The van der Waals surface area contributed by atoms with Crippen molar-refractivity contribution in [1.29, 1.82) is 5.26 Å². The molecular formula is C26H30ClN5O2. The van der Waals surface area contributed by atoms with Gasteiger partial charge in [-0.25, -0.2) is 4.79 Å². The molecule has 4 rings (SSSR count). The molecule has 1 atom stereocenters. The van der Waals surface area contributed by atoms with Crippen molar-refractivity contribution in [1.82, 2.24) is 15.1 Å². The number of nitrogens with one attached hydrogen (secondary N) is 2. The van der Waals surface area contributed by atoms with Gasteiger partial charge in [0, 0.05) is 55.0 Å². The molecule has 8 heteroatoms. The number of rotatable bonds is 6. The number of amides is 3. The quantitative estimate of drug-likeness (QED) is 0.642. The summed E-state index contributed by atoms with van der Waals surface area (Å²) in [4.78, 5) is 29.5. The maximum Gasteiger partial charge on any atom is 0.317 e. The zero-order valence-electron chi connectivity index (χ0n) is 19.6. The van der Waals surface area contributed by atoms with Gasteiger partial charge in [-0.1, -0.05) is 17.7 Å². The molecule has 2 aromatic carbocycles. The summed E-state index contributed by atoms with van der Waals surface area (Å²) in [6, 6.07) is 12.5. The van der Waals surface area contributed by atoms with Gasteiger partial charge in [-0.3, -0.25) is 9.69 Å². The Kier molecular flexibility index (Phi) is 7.40. The van der Waals surface area contributed by atoms with E-state index in [9.17, 15) is 9.59 Å². The van der Waals surface area contributed by atoms with Gasteiger partial charge >= 0.3 is 6.03 Å². The Bertz CT molecular complexity index is 1120. The van der Waals surface area contributed by atoms with E-state index in [0.717, 1.165) is 30.8 Å². The lowest BCUT2D eigenvalue weighted by Gasteiger charge is -2.40. The van der Waals surface area contributed by atoms with Crippen LogP contribution in [0.1, 0.15) is 46.8 Å². The van der Waals surface area contributed by atoms with Crippen LogP contribution in [0, 0.1) is 24.2 Å². The highest BCUT2D eigenvalue weighted by Gasteiger charge is 2.29. The van der Waals surface area contributed by atoms with Crippen LogP contribution < -0.4 is 10.6 Å². The summed E-state index contributed by atoms with van der Waals surface area (Å²) >= 11 is 6.40. The molecule has 0 radical (unpaired) electrons. The molecule has 2 aliphatic rings. The van der Waals surface area contributed by atoms with Crippen LogP contribution in [0.4, 0.5) is 10.5 Å². The maximum atomic E-state index is 12.8. The standard InChI is InChI=1S/C26H30ClN5O2/c1-17-15-31(8-9-32(17)26(34)29-14-19-6-7-19)16-22-11-23(27)12-24(18(22)2)30-25(33)21-5-3-4-20(10-21)13-28/h3-5,10-12,17,19H,6-9,14-16H2,1-2H3,(H,29,34)(H,30,33)/t17-/m0/s1. The monoisotopic (exact) mass is 479 g/mol. The largest absolute Gasteiger partial charge is 0.338 e. The number of hydrogen-bond donors (Lipinski definition) is 2. The number of anilines is 1. The second-order valence-corrected chi connectivity index (χ2v) is 9.73. The van der Waals surface area contributed by atoms with Crippen LogP contribution in [0.3, 0.4) is 0 Å². The molecule has 1 saturated heterocycles. The SMILES string of the molecule is Cc1c(CN2CCN(C(=O)NCC3CC3)[C@@H](C)C2)cc(Cl)cc1NC(=O)c1cccc(C#N)c1. The van der Waals surface area contributed by atoms with E-state index in [1.165, 1.54) is 12.8 Å². The molecule has 7 nitrogen and oxygen atoms in total. The zero-order chi connectivity index (χ0) is 24.2. The predicted octanol–water partition coefficient (Wildman–Crippen LogP) is 4.40. The molecule has 34 heavy (non-hydrogen) atoms. The van der Waals surface area contributed by atoms with E-state index in [1.54, 1.807) is 30.3 Å². The van der Waals surface area contributed by atoms with Crippen LogP contribution in [0.5, 0.6) is 0 Å². The van der Waals surface area contributed by atoms with Crippen molar-refractivity contribution in [3.63, 3.8) is 0 Å². The van der Waals surface area contributed by atoms with E-state index < -0.39 is 0 Å². The topological polar surface area (TPSA) is 88.5 Å². The molecule has 1 heterocycles. The number of urea groups is 1. The average molecular weight is 480 g/mol. The lowest BCUT2D eigenvalue weighted by molar-refractivity contribution is 0.0973. The molecule has 0 aromatic heterocycles. The number of carbonyl (C=O) groups is 2. The Morgan fingerprint density at radius 3 is 2.71 bits per heavy atom. The van der Waals surface area contributed by atoms with Crippen LogP contribution >= 0.6 is 11.6 Å². The summed E-state index contributed by atoms with van der Waals surface area (Å²) < 4.78 is 0. The molecule has 1 aliphatic carbocycles. The molecule has 0 spiro atoms. The van der Waals surface area contributed by atoms with E-state index >= 15 is 0 Å². The van der Waals surface area contributed by atoms with Crippen LogP contribution in [0.25, 0.3) is 0 Å². The second-order valence-electron chi connectivity index (χ2n) is 9.29. The second kappa shape index (κ2) is 10.5. The number of benzene rings is 2. The van der Waals surface area contributed by atoms with E-state index in [2.05, 4.69) is 28.5 Å². The third kappa shape index (κ3) is 5.88. The van der Waals surface area contributed by atoms with Crippen molar-refractivity contribution in [2.45, 2.75) is 39.3 Å². The fourth-order valence-corrected chi connectivity index (χ4v) is 4.57. The molecule has 0 unspecified atom stereocenters. The summed E-state index contributed by atoms with van der Waals surface area (Å²) in [7, 11) is 0.